The minimum atomic E-state index is -0.00722. The Bertz CT molecular complexity index is 654. The Hall–Kier alpha value is -1.62. The topological polar surface area (TPSA) is 49.8 Å². The van der Waals surface area contributed by atoms with Crippen molar-refractivity contribution in [2.75, 3.05) is 6.54 Å². The van der Waals surface area contributed by atoms with Gasteiger partial charge in [0.2, 0.25) is 5.91 Å². The van der Waals surface area contributed by atoms with Crippen molar-refractivity contribution in [3.63, 3.8) is 0 Å². The van der Waals surface area contributed by atoms with Crippen molar-refractivity contribution >= 4 is 29.2 Å². The second-order valence-corrected chi connectivity index (χ2v) is 5.57. The van der Waals surface area contributed by atoms with E-state index in [0.29, 0.717) is 17.2 Å². The van der Waals surface area contributed by atoms with E-state index in [9.17, 15) is 4.79 Å². The molecule has 0 radical (unpaired) electrons. The summed E-state index contributed by atoms with van der Waals surface area (Å²) in [6.45, 7) is 7.11. The summed E-state index contributed by atoms with van der Waals surface area (Å²) in [5.41, 5.74) is 3.11. The molecule has 2 rings (SSSR count). The van der Waals surface area contributed by atoms with Crippen molar-refractivity contribution < 1.29 is 4.79 Å². The molecule has 1 aromatic heterocycles. The molecule has 0 saturated carbocycles. The van der Waals surface area contributed by atoms with E-state index >= 15 is 0 Å². The number of aromatic nitrogens is 2. The van der Waals surface area contributed by atoms with Gasteiger partial charge in [0.05, 0.1) is 11.0 Å². The van der Waals surface area contributed by atoms with Crippen LogP contribution < -0.4 is 5.32 Å². The third-order valence-electron chi connectivity index (χ3n) is 3.03. The summed E-state index contributed by atoms with van der Waals surface area (Å²) in [6.07, 6.45) is 0. The molecule has 0 bridgehead atoms. The minimum absolute atomic E-state index is 0.00722. The molecule has 0 atom stereocenters. The maximum absolute atomic E-state index is 11.9. The number of amides is 1. The lowest BCUT2D eigenvalue weighted by Gasteiger charge is -2.08. The first-order valence-corrected chi connectivity index (χ1v) is 6.84. The number of imidazole rings is 1. The molecule has 0 saturated heterocycles. The number of hydrogen-bond donors (Lipinski definition) is 2. The van der Waals surface area contributed by atoms with Crippen LogP contribution in [0.3, 0.4) is 0 Å². The van der Waals surface area contributed by atoms with Gasteiger partial charge in [0.1, 0.15) is 6.54 Å². The normalized spacial score (nSPS) is 11.2. The molecular weight excluding hydrogens is 258 g/mol. The van der Waals surface area contributed by atoms with Gasteiger partial charge in [-0.25, -0.2) is 0 Å². The van der Waals surface area contributed by atoms with Gasteiger partial charge in [-0.2, -0.15) is 0 Å². The predicted molar refractivity (Wildman–Crippen MR) is 79.7 cm³/mol. The smallest absolute Gasteiger partial charge is 0.240 e. The number of fused-ring (bicyclic) bond motifs is 1. The number of aromatic amines is 1. The van der Waals surface area contributed by atoms with Crippen molar-refractivity contribution in [1.29, 1.82) is 0 Å². The van der Waals surface area contributed by atoms with Crippen molar-refractivity contribution in [3.8, 4) is 0 Å². The van der Waals surface area contributed by atoms with Gasteiger partial charge in [0, 0.05) is 6.54 Å². The first-order valence-electron chi connectivity index (χ1n) is 6.44. The Balaban J connectivity index is 2.26. The van der Waals surface area contributed by atoms with Gasteiger partial charge in [0.15, 0.2) is 4.77 Å². The lowest BCUT2D eigenvalue weighted by molar-refractivity contribution is -0.121. The summed E-state index contributed by atoms with van der Waals surface area (Å²) in [7, 11) is 0. The largest absolute Gasteiger partial charge is 0.354 e. The SMILES string of the molecule is Cc1cccc2c1[nH]c(=S)n2CC(=O)NCC(C)C. The van der Waals surface area contributed by atoms with Crippen LogP contribution in [0.1, 0.15) is 19.4 Å². The molecule has 0 aliphatic rings. The van der Waals surface area contributed by atoms with E-state index in [2.05, 4.69) is 24.1 Å². The molecule has 0 aliphatic carbocycles. The van der Waals surface area contributed by atoms with Gasteiger partial charge in [-0.3, -0.25) is 4.79 Å². The summed E-state index contributed by atoms with van der Waals surface area (Å²) in [4.78, 5) is 15.1. The molecule has 19 heavy (non-hydrogen) atoms. The van der Waals surface area contributed by atoms with Crippen LogP contribution >= 0.6 is 12.2 Å². The molecule has 0 aliphatic heterocycles. The fourth-order valence-corrected chi connectivity index (χ4v) is 2.26. The molecule has 5 heteroatoms. The number of nitrogens with zero attached hydrogens (tertiary/aromatic N) is 1. The first kappa shape index (κ1) is 13.8. The van der Waals surface area contributed by atoms with E-state index in [-0.39, 0.29) is 12.5 Å². The number of nitrogens with one attached hydrogen (secondary N) is 2. The summed E-state index contributed by atoms with van der Waals surface area (Å²) in [6, 6.07) is 5.98. The first-order chi connectivity index (χ1) is 8.99. The van der Waals surface area contributed by atoms with E-state index in [0.717, 1.165) is 16.6 Å². The molecule has 1 aromatic carbocycles. The van der Waals surface area contributed by atoms with Gasteiger partial charge in [-0.1, -0.05) is 26.0 Å². The van der Waals surface area contributed by atoms with Crippen molar-refractivity contribution in [2.45, 2.75) is 27.3 Å². The predicted octanol–water partition coefficient (Wildman–Crippen LogP) is 2.78. The molecule has 0 unspecified atom stereocenters. The van der Waals surface area contributed by atoms with Crippen LogP contribution in [0.25, 0.3) is 11.0 Å². The van der Waals surface area contributed by atoms with Crippen LogP contribution in [-0.2, 0) is 11.3 Å². The summed E-state index contributed by atoms with van der Waals surface area (Å²) >= 11 is 5.29. The number of carbonyl (C=O) groups excluding carboxylic acids is 1. The molecular formula is C14H19N3OS. The molecule has 2 N–H and O–H groups in total. The number of carbonyl (C=O) groups is 1. The quantitative estimate of drug-likeness (QED) is 0.844. The van der Waals surface area contributed by atoms with Gasteiger partial charge < -0.3 is 14.9 Å². The molecule has 102 valence electrons. The fraction of sp³-hybridized carbons (Fsp3) is 0.429. The van der Waals surface area contributed by atoms with Crippen molar-refractivity contribution in [3.05, 3.63) is 28.5 Å². The Morgan fingerprint density at radius 2 is 2.21 bits per heavy atom. The molecule has 1 amide bonds. The highest BCUT2D eigenvalue weighted by Crippen LogP contribution is 2.17. The second kappa shape index (κ2) is 5.57. The molecule has 1 heterocycles. The van der Waals surface area contributed by atoms with Gasteiger partial charge >= 0.3 is 0 Å². The van der Waals surface area contributed by atoms with Crippen LogP contribution in [0.15, 0.2) is 18.2 Å². The average molecular weight is 277 g/mol. The maximum atomic E-state index is 11.9. The number of H-pyrrole nitrogens is 1. The number of hydrogen-bond acceptors (Lipinski definition) is 2. The van der Waals surface area contributed by atoms with Crippen molar-refractivity contribution in [1.82, 2.24) is 14.9 Å². The molecule has 0 spiro atoms. The van der Waals surface area contributed by atoms with Crippen LogP contribution in [0.4, 0.5) is 0 Å². The molecule has 0 fully saturated rings. The summed E-state index contributed by atoms with van der Waals surface area (Å²) < 4.78 is 2.43. The van der Waals surface area contributed by atoms with Crippen LogP contribution in [0.2, 0.25) is 0 Å². The standard InChI is InChI=1S/C14H19N3OS/c1-9(2)7-15-12(18)8-17-11-6-4-5-10(3)13(11)16-14(17)19/h4-6,9H,7-8H2,1-3H3,(H,15,18)(H,16,19). The Kier molecular flexibility index (Phi) is 4.04. The Morgan fingerprint density at radius 1 is 1.47 bits per heavy atom. The maximum Gasteiger partial charge on any atom is 0.240 e. The Labute approximate surface area is 117 Å². The number of rotatable bonds is 4. The number of para-hydroxylation sites is 1. The highest BCUT2D eigenvalue weighted by Gasteiger charge is 2.10. The molecule has 2 aromatic rings. The van der Waals surface area contributed by atoms with Gasteiger partial charge in [0.25, 0.3) is 0 Å². The van der Waals surface area contributed by atoms with E-state index < -0.39 is 0 Å². The van der Waals surface area contributed by atoms with E-state index in [1.807, 2.05) is 29.7 Å². The average Bonchev–Trinajstić information content (AvgIpc) is 2.66. The zero-order valence-electron chi connectivity index (χ0n) is 11.5. The van der Waals surface area contributed by atoms with Gasteiger partial charge in [-0.15, -0.1) is 0 Å². The highest BCUT2D eigenvalue weighted by molar-refractivity contribution is 7.71. The van der Waals surface area contributed by atoms with Crippen LogP contribution in [0.5, 0.6) is 0 Å². The second-order valence-electron chi connectivity index (χ2n) is 5.18. The lowest BCUT2D eigenvalue weighted by atomic mass is 10.2. The number of aryl methyl sites for hydroxylation is 1. The Morgan fingerprint density at radius 3 is 2.89 bits per heavy atom. The molecule has 4 nitrogen and oxygen atoms in total. The highest BCUT2D eigenvalue weighted by atomic mass is 32.1. The fourth-order valence-electron chi connectivity index (χ4n) is 2.00. The zero-order chi connectivity index (χ0) is 14.0. The lowest BCUT2D eigenvalue weighted by Crippen LogP contribution is -2.30. The number of benzene rings is 1. The van der Waals surface area contributed by atoms with Crippen LogP contribution in [0, 0.1) is 17.6 Å². The third-order valence-corrected chi connectivity index (χ3v) is 3.35. The minimum Gasteiger partial charge on any atom is -0.354 e. The van der Waals surface area contributed by atoms with Crippen LogP contribution in [-0.4, -0.2) is 22.0 Å². The monoisotopic (exact) mass is 277 g/mol. The van der Waals surface area contributed by atoms with E-state index in [1.54, 1.807) is 0 Å². The van der Waals surface area contributed by atoms with Crippen molar-refractivity contribution in [2.24, 2.45) is 5.92 Å². The van der Waals surface area contributed by atoms with E-state index in [4.69, 9.17) is 12.2 Å². The summed E-state index contributed by atoms with van der Waals surface area (Å²) in [5, 5.41) is 2.91. The zero-order valence-corrected chi connectivity index (χ0v) is 12.3. The third kappa shape index (κ3) is 3.04. The van der Waals surface area contributed by atoms with Gasteiger partial charge in [-0.05, 0) is 36.7 Å². The summed E-state index contributed by atoms with van der Waals surface area (Å²) in [5.74, 6) is 0.439. The van der Waals surface area contributed by atoms with E-state index in [1.165, 1.54) is 0 Å².